The Hall–Kier alpha value is -6.12. The van der Waals surface area contributed by atoms with Gasteiger partial charge >= 0.3 is 0 Å². The molecule has 9 aromatic rings. The van der Waals surface area contributed by atoms with E-state index in [9.17, 15) is 0 Å². The predicted molar refractivity (Wildman–Crippen MR) is 209 cm³/mol. The molecule has 1 aliphatic carbocycles. The molecule has 2 heteroatoms. The molecule has 0 saturated heterocycles. The highest BCUT2D eigenvalue weighted by atomic mass is 15.1. The average molecular weight is 627 g/mol. The van der Waals surface area contributed by atoms with Crippen molar-refractivity contribution >= 4 is 60.4 Å². The first kappa shape index (κ1) is 27.9. The Bertz CT molecular complexity index is 2740. The molecular formula is C47H34N2. The number of rotatable bonds is 4. The minimum Gasteiger partial charge on any atom is -0.310 e. The summed E-state index contributed by atoms with van der Waals surface area (Å²) in [6.45, 7) is 6.56. The summed E-state index contributed by atoms with van der Waals surface area (Å²) < 4.78 is 2.41. The Kier molecular flexibility index (Phi) is 5.95. The zero-order chi connectivity index (χ0) is 32.8. The Labute approximate surface area is 286 Å². The standard InChI is InChI=1S/C47H34N2/c1-29-20-30(2)22-38(21-29)48(45-13-7-4-10-31(45)3)36-18-16-32-25-41-42-26-33-17-19-37(24-35(33)28-44(42)43(41)27-34(32)23-36)49-46-14-8-5-11-39(46)40-12-6-9-15-47(40)49/h4-28H,1-3H3. The molecule has 0 atom stereocenters. The number of anilines is 3. The van der Waals surface area contributed by atoms with Crippen LogP contribution >= 0.6 is 0 Å². The van der Waals surface area contributed by atoms with Crippen molar-refractivity contribution in [3.63, 3.8) is 0 Å². The quantitative estimate of drug-likeness (QED) is 0.189. The molecule has 0 amide bonds. The number of fused-ring (bicyclic) bond motifs is 9. The van der Waals surface area contributed by atoms with Gasteiger partial charge in [-0.25, -0.2) is 0 Å². The molecule has 0 unspecified atom stereocenters. The monoisotopic (exact) mass is 626 g/mol. The summed E-state index contributed by atoms with van der Waals surface area (Å²) in [6.07, 6.45) is 0. The molecule has 2 nitrogen and oxygen atoms in total. The van der Waals surface area contributed by atoms with Crippen molar-refractivity contribution in [2.45, 2.75) is 20.8 Å². The van der Waals surface area contributed by atoms with E-state index < -0.39 is 0 Å². The van der Waals surface area contributed by atoms with Crippen molar-refractivity contribution in [1.29, 1.82) is 0 Å². The molecule has 49 heavy (non-hydrogen) atoms. The van der Waals surface area contributed by atoms with Crippen LogP contribution in [0.2, 0.25) is 0 Å². The molecule has 0 saturated carbocycles. The van der Waals surface area contributed by atoms with E-state index in [-0.39, 0.29) is 0 Å². The normalized spacial score (nSPS) is 12.0. The van der Waals surface area contributed by atoms with E-state index >= 15 is 0 Å². The SMILES string of the molecule is Cc1cc(C)cc(N(c2ccc3cc4c(cc3c2)-c2cc3cc(-n5c6ccccc6c6ccccc65)ccc3cc2-4)c2ccccc2C)c1. The molecule has 0 radical (unpaired) electrons. The van der Waals surface area contributed by atoms with Gasteiger partial charge in [0, 0.05) is 33.5 Å². The van der Waals surface area contributed by atoms with Gasteiger partial charge in [0.25, 0.3) is 0 Å². The van der Waals surface area contributed by atoms with E-state index in [0.29, 0.717) is 0 Å². The van der Waals surface area contributed by atoms with Crippen LogP contribution in [-0.2, 0) is 0 Å². The largest absolute Gasteiger partial charge is 0.310 e. The van der Waals surface area contributed by atoms with Crippen LogP contribution in [0.15, 0.2) is 152 Å². The van der Waals surface area contributed by atoms with E-state index in [1.807, 2.05) is 0 Å². The molecule has 0 N–H and O–H groups in total. The molecule has 1 aliphatic rings. The number of nitrogens with zero attached hydrogens (tertiary/aromatic N) is 2. The summed E-state index contributed by atoms with van der Waals surface area (Å²) in [5.41, 5.74) is 16.3. The number of hydrogen-bond donors (Lipinski definition) is 0. The van der Waals surface area contributed by atoms with E-state index in [4.69, 9.17) is 0 Å². The number of para-hydroxylation sites is 3. The van der Waals surface area contributed by atoms with Crippen LogP contribution in [0.3, 0.4) is 0 Å². The summed E-state index contributed by atoms with van der Waals surface area (Å²) in [6, 6.07) is 56.3. The first-order valence-electron chi connectivity index (χ1n) is 17.1. The maximum Gasteiger partial charge on any atom is 0.0541 e. The second-order valence-electron chi connectivity index (χ2n) is 13.7. The van der Waals surface area contributed by atoms with Gasteiger partial charge in [-0.3, -0.25) is 0 Å². The Morgan fingerprint density at radius 2 is 0.939 bits per heavy atom. The fourth-order valence-electron chi connectivity index (χ4n) is 8.20. The third-order valence-electron chi connectivity index (χ3n) is 10.4. The summed E-state index contributed by atoms with van der Waals surface area (Å²) in [7, 11) is 0. The second-order valence-corrected chi connectivity index (χ2v) is 13.7. The van der Waals surface area contributed by atoms with Crippen LogP contribution in [0.5, 0.6) is 0 Å². The average Bonchev–Trinajstić information content (AvgIpc) is 3.45. The van der Waals surface area contributed by atoms with E-state index in [0.717, 1.165) is 0 Å². The van der Waals surface area contributed by atoms with E-state index in [2.05, 4.69) is 182 Å². The van der Waals surface area contributed by atoms with Crippen LogP contribution in [0.1, 0.15) is 16.7 Å². The predicted octanol–water partition coefficient (Wildman–Crippen LogP) is 13.1. The van der Waals surface area contributed by atoms with Gasteiger partial charge in [0.1, 0.15) is 0 Å². The number of aryl methyl sites for hydroxylation is 3. The topological polar surface area (TPSA) is 8.17 Å². The third kappa shape index (κ3) is 4.27. The Morgan fingerprint density at radius 3 is 1.57 bits per heavy atom. The van der Waals surface area contributed by atoms with E-state index in [1.165, 1.54) is 105 Å². The molecule has 232 valence electrons. The highest BCUT2D eigenvalue weighted by Crippen LogP contribution is 2.51. The molecule has 0 aliphatic heterocycles. The minimum atomic E-state index is 1.17. The van der Waals surface area contributed by atoms with Crippen molar-refractivity contribution in [3.05, 3.63) is 168 Å². The number of aromatic nitrogens is 1. The summed E-state index contributed by atoms with van der Waals surface area (Å²) >= 11 is 0. The fourth-order valence-corrected chi connectivity index (χ4v) is 8.20. The van der Waals surface area contributed by atoms with Crippen LogP contribution in [-0.4, -0.2) is 4.57 Å². The van der Waals surface area contributed by atoms with Gasteiger partial charge in [0.2, 0.25) is 0 Å². The van der Waals surface area contributed by atoms with Crippen molar-refractivity contribution < 1.29 is 0 Å². The third-order valence-corrected chi connectivity index (χ3v) is 10.4. The molecule has 0 fully saturated rings. The fraction of sp³-hybridized carbons (Fsp3) is 0.0638. The lowest BCUT2D eigenvalue weighted by Gasteiger charge is -2.29. The maximum absolute atomic E-state index is 2.41. The van der Waals surface area contributed by atoms with Crippen molar-refractivity contribution in [2.75, 3.05) is 4.90 Å². The Balaban J connectivity index is 1.10. The second kappa shape index (κ2) is 10.4. The molecular weight excluding hydrogens is 593 g/mol. The van der Waals surface area contributed by atoms with Gasteiger partial charge in [0.05, 0.1) is 11.0 Å². The molecule has 1 aromatic heterocycles. The van der Waals surface area contributed by atoms with Gasteiger partial charge < -0.3 is 9.47 Å². The van der Waals surface area contributed by atoms with Crippen molar-refractivity contribution in [1.82, 2.24) is 4.57 Å². The molecule has 0 spiro atoms. The van der Waals surface area contributed by atoms with Crippen molar-refractivity contribution in [3.8, 4) is 27.9 Å². The lowest BCUT2D eigenvalue weighted by Crippen LogP contribution is -2.11. The first-order valence-corrected chi connectivity index (χ1v) is 17.1. The minimum absolute atomic E-state index is 1.17. The van der Waals surface area contributed by atoms with Crippen LogP contribution in [0.25, 0.3) is 71.3 Å². The Morgan fingerprint density at radius 1 is 0.408 bits per heavy atom. The summed E-state index contributed by atoms with van der Waals surface area (Å²) in [4.78, 5) is 2.41. The maximum atomic E-state index is 2.41. The van der Waals surface area contributed by atoms with Crippen LogP contribution in [0.4, 0.5) is 17.1 Å². The van der Waals surface area contributed by atoms with Crippen molar-refractivity contribution in [2.24, 2.45) is 0 Å². The first-order chi connectivity index (χ1) is 24.0. The molecule has 1 heterocycles. The smallest absolute Gasteiger partial charge is 0.0541 e. The van der Waals surface area contributed by atoms with Gasteiger partial charge in [-0.15, -0.1) is 0 Å². The van der Waals surface area contributed by atoms with Crippen LogP contribution < -0.4 is 4.90 Å². The zero-order valence-corrected chi connectivity index (χ0v) is 27.8. The van der Waals surface area contributed by atoms with Gasteiger partial charge in [-0.2, -0.15) is 0 Å². The van der Waals surface area contributed by atoms with Gasteiger partial charge in [0.15, 0.2) is 0 Å². The summed E-state index contributed by atoms with van der Waals surface area (Å²) in [5.74, 6) is 0. The lowest BCUT2D eigenvalue weighted by atomic mass is 9.78. The molecule has 0 bridgehead atoms. The van der Waals surface area contributed by atoms with Crippen LogP contribution in [0, 0.1) is 20.8 Å². The number of hydrogen-bond acceptors (Lipinski definition) is 1. The van der Waals surface area contributed by atoms with Gasteiger partial charge in [-0.1, -0.05) is 72.8 Å². The summed E-state index contributed by atoms with van der Waals surface area (Å²) in [5, 5.41) is 7.62. The van der Waals surface area contributed by atoms with Gasteiger partial charge in [-0.05, 0) is 160 Å². The lowest BCUT2D eigenvalue weighted by molar-refractivity contribution is 1.19. The molecule has 10 rings (SSSR count). The molecule has 8 aromatic carbocycles. The zero-order valence-electron chi connectivity index (χ0n) is 27.8. The number of benzene rings is 8. The highest BCUT2D eigenvalue weighted by molar-refractivity contribution is 6.13. The highest BCUT2D eigenvalue weighted by Gasteiger charge is 2.25. The van der Waals surface area contributed by atoms with E-state index in [1.54, 1.807) is 0 Å².